The van der Waals surface area contributed by atoms with Crippen molar-refractivity contribution in [1.29, 1.82) is 5.26 Å². The van der Waals surface area contributed by atoms with E-state index in [0.717, 1.165) is 14.5 Å². The monoisotopic (exact) mass is 437 g/mol. The van der Waals surface area contributed by atoms with Gasteiger partial charge in [0.15, 0.2) is 0 Å². The fourth-order valence-electron chi connectivity index (χ4n) is 2.41. The van der Waals surface area contributed by atoms with Crippen molar-refractivity contribution in [2.75, 3.05) is 4.72 Å². The Kier molecular flexibility index (Phi) is 4.04. The number of aryl methyl sites for hydroxylation is 1. The first kappa shape index (κ1) is 15.8. The smallest absolute Gasteiger partial charge is 0.261 e. The van der Waals surface area contributed by atoms with Crippen molar-refractivity contribution in [3.05, 3.63) is 57.3 Å². The molecule has 2 N–H and O–H groups in total. The Morgan fingerprint density at radius 1 is 1.17 bits per heavy atom. The predicted molar refractivity (Wildman–Crippen MR) is 97.7 cm³/mol. The molecule has 7 heteroatoms. The zero-order chi connectivity index (χ0) is 16.6. The van der Waals surface area contributed by atoms with E-state index in [4.69, 9.17) is 5.26 Å². The summed E-state index contributed by atoms with van der Waals surface area (Å²) in [6, 6.07) is 12.2. The second kappa shape index (κ2) is 5.86. The predicted octanol–water partition coefficient (Wildman–Crippen LogP) is 3.75. The lowest BCUT2D eigenvalue weighted by Crippen LogP contribution is -2.13. The van der Waals surface area contributed by atoms with Crippen LogP contribution in [0.1, 0.15) is 11.1 Å². The first-order valence-corrected chi connectivity index (χ1v) is 9.28. The van der Waals surface area contributed by atoms with Crippen LogP contribution in [0, 0.1) is 21.8 Å². The highest BCUT2D eigenvalue weighted by atomic mass is 127. The number of anilines is 1. The molecular formula is C16H12IN3O2S. The van der Waals surface area contributed by atoms with E-state index >= 15 is 0 Å². The fourth-order valence-corrected chi connectivity index (χ4v) is 3.84. The molecule has 1 aromatic heterocycles. The first-order valence-electron chi connectivity index (χ1n) is 6.71. The van der Waals surface area contributed by atoms with Crippen LogP contribution in [0.5, 0.6) is 0 Å². The van der Waals surface area contributed by atoms with Gasteiger partial charge < -0.3 is 4.98 Å². The summed E-state index contributed by atoms with van der Waals surface area (Å²) in [5, 5.41) is 9.90. The standard InChI is InChI=1S/C16H12IN3O2S/c1-10-2-7-14(16-15(10)11(8-18)9-19-16)20-23(21,22)13-5-3-12(17)4-6-13/h2-7,9,19-20H,1H3. The number of benzene rings is 2. The van der Waals surface area contributed by atoms with E-state index in [9.17, 15) is 8.42 Å². The molecule has 1 heterocycles. The molecule has 3 aromatic rings. The molecule has 23 heavy (non-hydrogen) atoms. The van der Waals surface area contributed by atoms with Gasteiger partial charge in [0.25, 0.3) is 10.0 Å². The SMILES string of the molecule is Cc1ccc(NS(=O)(=O)c2ccc(I)cc2)c2[nH]cc(C#N)c12. The second-order valence-corrected chi connectivity index (χ2v) is 7.98. The quantitative estimate of drug-likeness (QED) is 0.612. The summed E-state index contributed by atoms with van der Waals surface area (Å²) >= 11 is 2.12. The summed E-state index contributed by atoms with van der Waals surface area (Å²) in [7, 11) is -3.69. The number of nitrogens with one attached hydrogen (secondary N) is 2. The number of H-pyrrole nitrogens is 1. The highest BCUT2D eigenvalue weighted by molar-refractivity contribution is 14.1. The van der Waals surface area contributed by atoms with Crippen LogP contribution in [-0.4, -0.2) is 13.4 Å². The second-order valence-electron chi connectivity index (χ2n) is 5.05. The van der Waals surface area contributed by atoms with Crippen LogP contribution in [0.15, 0.2) is 47.5 Å². The van der Waals surface area contributed by atoms with Gasteiger partial charge in [0, 0.05) is 15.2 Å². The van der Waals surface area contributed by atoms with Crippen LogP contribution >= 0.6 is 22.6 Å². The van der Waals surface area contributed by atoms with Crippen molar-refractivity contribution in [2.24, 2.45) is 0 Å². The maximum Gasteiger partial charge on any atom is 0.261 e. The number of nitrogens with zero attached hydrogens (tertiary/aromatic N) is 1. The van der Waals surface area contributed by atoms with E-state index in [1.807, 2.05) is 6.92 Å². The van der Waals surface area contributed by atoms with Gasteiger partial charge in [-0.2, -0.15) is 5.26 Å². The average Bonchev–Trinajstić information content (AvgIpc) is 2.95. The number of nitriles is 1. The van der Waals surface area contributed by atoms with Crippen molar-refractivity contribution in [3.63, 3.8) is 0 Å². The molecule has 0 amide bonds. The van der Waals surface area contributed by atoms with Crippen LogP contribution in [0.3, 0.4) is 0 Å². The topological polar surface area (TPSA) is 85.8 Å². The molecule has 0 bridgehead atoms. The minimum atomic E-state index is -3.69. The van der Waals surface area contributed by atoms with Gasteiger partial charge in [-0.3, -0.25) is 4.72 Å². The van der Waals surface area contributed by atoms with E-state index in [1.54, 1.807) is 42.6 Å². The van der Waals surface area contributed by atoms with Gasteiger partial charge in [-0.15, -0.1) is 0 Å². The van der Waals surface area contributed by atoms with Crippen molar-refractivity contribution < 1.29 is 8.42 Å². The van der Waals surface area contributed by atoms with Gasteiger partial charge in [-0.25, -0.2) is 8.42 Å². The molecule has 0 saturated carbocycles. The maximum atomic E-state index is 12.5. The number of aromatic amines is 1. The molecule has 3 rings (SSSR count). The minimum Gasteiger partial charge on any atom is -0.358 e. The summed E-state index contributed by atoms with van der Waals surface area (Å²) in [6.45, 7) is 1.88. The van der Waals surface area contributed by atoms with Crippen LogP contribution in [0.25, 0.3) is 10.9 Å². The van der Waals surface area contributed by atoms with Gasteiger partial charge in [0.1, 0.15) is 6.07 Å². The zero-order valence-corrected chi connectivity index (χ0v) is 15.1. The number of sulfonamides is 1. The molecule has 0 aliphatic heterocycles. The number of hydrogen-bond acceptors (Lipinski definition) is 3. The number of halogens is 1. The third-order valence-corrected chi connectivity index (χ3v) is 5.63. The summed E-state index contributed by atoms with van der Waals surface area (Å²) < 4.78 is 28.6. The molecule has 0 aliphatic rings. The summed E-state index contributed by atoms with van der Waals surface area (Å²) in [4.78, 5) is 3.17. The van der Waals surface area contributed by atoms with E-state index in [-0.39, 0.29) is 4.90 Å². The lowest BCUT2D eigenvalue weighted by atomic mass is 10.1. The maximum absolute atomic E-state index is 12.5. The number of rotatable bonds is 3. The number of aromatic nitrogens is 1. The normalized spacial score (nSPS) is 11.3. The van der Waals surface area contributed by atoms with Gasteiger partial charge in [-0.05, 0) is 65.4 Å². The average molecular weight is 437 g/mol. The van der Waals surface area contributed by atoms with Crippen molar-refractivity contribution in [3.8, 4) is 6.07 Å². The van der Waals surface area contributed by atoms with E-state index in [0.29, 0.717) is 16.8 Å². The summed E-state index contributed by atoms with van der Waals surface area (Å²) in [6.07, 6.45) is 1.58. The Morgan fingerprint density at radius 2 is 1.87 bits per heavy atom. The first-order chi connectivity index (χ1) is 10.9. The van der Waals surface area contributed by atoms with Crippen molar-refractivity contribution in [1.82, 2.24) is 4.98 Å². The molecule has 0 saturated heterocycles. The van der Waals surface area contributed by atoms with Crippen molar-refractivity contribution in [2.45, 2.75) is 11.8 Å². The minimum absolute atomic E-state index is 0.193. The number of fused-ring (bicyclic) bond motifs is 1. The molecular weight excluding hydrogens is 425 g/mol. The van der Waals surface area contributed by atoms with Crippen LogP contribution < -0.4 is 4.72 Å². The molecule has 5 nitrogen and oxygen atoms in total. The highest BCUT2D eigenvalue weighted by Crippen LogP contribution is 2.30. The zero-order valence-electron chi connectivity index (χ0n) is 12.1. The Balaban J connectivity index is 2.08. The Labute approximate surface area is 147 Å². The third kappa shape index (κ3) is 2.92. The van der Waals surface area contributed by atoms with Gasteiger partial charge in [0.2, 0.25) is 0 Å². The lowest BCUT2D eigenvalue weighted by molar-refractivity contribution is 0.601. The lowest BCUT2D eigenvalue weighted by Gasteiger charge is -2.10. The molecule has 2 aromatic carbocycles. The van der Waals surface area contributed by atoms with Gasteiger partial charge in [-0.1, -0.05) is 6.07 Å². The molecule has 0 unspecified atom stereocenters. The Hall–Kier alpha value is -2.05. The van der Waals surface area contributed by atoms with E-state index in [2.05, 4.69) is 38.4 Å². The molecule has 0 radical (unpaired) electrons. The molecule has 116 valence electrons. The van der Waals surface area contributed by atoms with Gasteiger partial charge >= 0.3 is 0 Å². The third-order valence-electron chi connectivity index (χ3n) is 3.53. The summed E-state index contributed by atoms with van der Waals surface area (Å²) in [5.74, 6) is 0. The molecule has 0 spiro atoms. The molecule has 0 atom stereocenters. The highest BCUT2D eigenvalue weighted by Gasteiger charge is 2.17. The van der Waals surface area contributed by atoms with E-state index < -0.39 is 10.0 Å². The van der Waals surface area contributed by atoms with E-state index in [1.165, 1.54) is 0 Å². The summed E-state index contributed by atoms with van der Waals surface area (Å²) in [5.41, 5.74) is 2.43. The number of hydrogen-bond donors (Lipinski definition) is 2. The molecule has 0 fully saturated rings. The van der Waals surface area contributed by atoms with Crippen LogP contribution in [-0.2, 0) is 10.0 Å². The largest absolute Gasteiger partial charge is 0.358 e. The Morgan fingerprint density at radius 3 is 2.52 bits per heavy atom. The van der Waals surface area contributed by atoms with Crippen molar-refractivity contribution >= 4 is 49.2 Å². The fraction of sp³-hybridized carbons (Fsp3) is 0.0625. The van der Waals surface area contributed by atoms with Gasteiger partial charge in [0.05, 0.1) is 21.7 Å². The van der Waals surface area contributed by atoms with Crippen LogP contribution in [0.2, 0.25) is 0 Å². The molecule has 0 aliphatic carbocycles. The Bertz CT molecular complexity index is 1030. The van der Waals surface area contributed by atoms with Crippen LogP contribution in [0.4, 0.5) is 5.69 Å².